The van der Waals surface area contributed by atoms with Crippen LogP contribution in [0.2, 0.25) is 0 Å². The van der Waals surface area contributed by atoms with Gasteiger partial charge in [-0.05, 0) is 63.0 Å². The molecule has 6 rings (SSSR count). The molecule has 2 aromatic rings. The van der Waals surface area contributed by atoms with Gasteiger partial charge in [-0.1, -0.05) is 18.2 Å². The Hall–Kier alpha value is -3.08. The number of aromatic nitrogens is 2. The van der Waals surface area contributed by atoms with Crippen LogP contribution in [-0.4, -0.2) is 68.4 Å². The van der Waals surface area contributed by atoms with Crippen molar-refractivity contribution in [3.8, 4) is 0 Å². The molecule has 3 amide bonds. The second kappa shape index (κ2) is 9.83. The van der Waals surface area contributed by atoms with Gasteiger partial charge in [0.1, 0.15) is 0 Å². The zero-order chi connectivity index (χ0) is 27.4. The molecule has 1 atom stereocenters. The normalized spacial score (nSPS) is 23.2. The SMILES string of the molecule is O=C(NC1(CO)CC1)N1CCC(n2ncc(C(=O)N3CCCC3c3ccccc3C(F)(F)F)c2C2CC2)CC1. The lowest BCUT2D eigenvalue weighted by Gasteiger charge is -2.34. The number of benzene rings is 1. The number of alkyl halides is 3. The zero-order valence-electron chi connectivity index (χ0n) is 21.8. The summed E-state index contributed by atoms with van der Waals surface area (Å²) >= 11 is 0. The first-order valence-electron chi connectivity index (χ1n) is 13.9. The van der Waals surface area contributed by atoms with E-state index in [0.717, 1.165) is 37.4 Å². The van der Waals surface area contributed by atoms with E-state index >= 15 is 0 Å². The van der Waals surface area contributed by atoms with Crippen molar-refractivity contribution in [2.24, 2.45) is 0 Å². The number of halogens is 3. The molecule has 4 fully saturated rings. The van der Waals surface area contributed by atoms with Crippen LogP contribution in [0.15, 0.2) is 30.5 Å². The number of nitrogens with zero attached hydrogens (tertiary/aromatic N) is 4. The highest BCUT2D eigenvalue weighted by Gasteiger charge is 2.45. The summed E-state index contributed by atoms with van der Waals surface area (Å²) in [5.74, 6) is -0.0336. The van der Waals surface area contributed by atoms with Crippen molar-refractivity contribution >= 4 is 11.9 Å². The summed E-state index contributed by atoms with van der Waals surface area (Å²) in [5, 5.41) is 17.1. The third-order valence-corrected chi connectivity index (χ3v) is 8.79. The van der Waals surface area contributed by atoms with Gasteiger partial charge in [0.05, 0.1) is 47.2 Å². The smallest absolute Gasteiger partial charge is 0.394 e. The van der Waals surface area contributed by atoms with Gasteiger partial charge in [-0.3, -0.25) is 9.48 Å². The Kier molecular flexibility index (Phi) is 6.60. The predicted octanol–water partition coefficient (Wildman–Crippen LogP) is 4.63. The molecule has 3 heterocycles. The van der Waals surface area contributed by atoms with Gasteiger partial charge in [0.15, 0.2) is 0 Å². The van der Waals surface area contributed by atoms with E-state index in [-0.39, 0.29) is 36.1 Å². The van der Waals surface area contributed by atoms with Crippen LogP contribution in [0.5, 0.6) is 0 Å². The molecule has 1 aromatic carbocycles. The topological polar surface area (TPSA) is 90.7 Å². The van der Waals surface area contributed by atoms with Crippen molar-refractivity contribution in [3.05, 3.63) is 52.8 Å². The fraction of sp³-hybridized carbons (Fsp3) is 0.607. The van der Waals surface area contributed by atoms with Gasteiger partial charge < -0.3 is 20.2 Å². The monoisotopic (exact) mass is 545 g/mol. The van der Waals surface area contributed by atoms with Crippen LogP contribution in [0.3, 0.4) is 0 Å². The first kappa shape index (κ1) is 26.2. The van der Waals surface area contributed by atoms with Crippen molar-refractivity contribution in [2.45, 2.75) is 81.1 Å². The summed E-state index contributed by atoms with van der Waals surface area (Å²) in [6, 6.07) is 4.82. The molecule has 2 saturated heterocycles. The minimum atomic E-state index is -4.49. The summed E-state index contributed by atoms with van der Waals surface area (Å²) in [6.45, 7) is 1.46. The molecule has 4 aliphatic rings. The Bertz CT molecular complexity index is 1250. The average molecular weight is 546 g/mol. The van der Waals surface area contributed by atoms with Crippen LogP contribution >= 0.6 is 0 Å². The van der Waals surface area contributed by atoms with E-state index in [4.69, 9.17) is 0 Å². The van der Waals surface area contributed by atoms with Crippen LogP contribution < -0.4 is 5.32 Å². The molecule has 0 bridgehead atoms. The summed E-state index contributed by atoms with van der Waals surface area (Å²) in [4.78, 5) is 29.9. The maximum atomic E-state index is 13.9. The van der Waals surface area contributed by atoms with E-state index in [1.807, 2.05) is 4.68 Å². The van der Waals surface area contributed by atoms with Crippen molar-refractivity contribution in [2.75, 3.05) is 26.2 Å². The van der Waals surface area contributed by atoms with E-state index in [2.05, 4.69) is 10.4 Å². The van der Waals surface area contributed by atoms with Gasteiger partial charge in [0, 0.05) is 25.6 Å². The number of hydrogen-bond acceptors (Lipinski definition) is 4. The average Bonchev–Trinajstić information content (AvgIpc) is 3.83. The number of carbonyl (C=O) groups excluding carboxylic acids is 2. The number of rotatable bonds is 6. The molecule has 39 heavy (non-hydrogen) atoms. The maximum absolute atomic E-state index is 13.9. The van der Waals surface area contributed by atoms with E-state index in [1.54, 1.807) is 22.1 Å². The summed E-state index contributed by atoms with van der Waals surface area (Å²) in [5.41, 5.74) is 0.382. The molecule has 0 radical (unpaired) electrons. The summed E-state index contributed by atoms with van der Waals surface area (Å²) in [7, 11) is 0. The van der Waals surface area contributed by atoms with Gasteiger partial charge in [0.25, 0.3) is 5.91 Å². The molecule has 2 saturated carbocycles. The minimum absolute atomic E-state index is 0.0410. The second-order valence-corrected chi connectivity index (χ2v) is 11.5. The molecular weight excluding hydrogens is 511 g/mol. The fourth-order valence-electron chi connectivity index (χ4n) is 6.22. The Morgan fingerprint density at radius 2 is 1.77 bits per heavy atom. The van der Waals surface area contributed by atoms with Crippen molar-refractivity contribution in [1.29, 1.82) is 0 Å². The lowest BCUT2D eigenvalue weighted by atomic mass is 9.97. The highest BCUT2D eigenvalue weighted by atomic mass is 19.4. The second-order valence-electron chi connectivity index (χ2n) is 11.5. The first-order valence-corrected chi connectivity index (χ1v) is 13.9. The third-order valence-electron chi connectivity index (χ3n) is 8.79. The standard InChI is InChI=1S/C28H34F3N5O3/c29-28(30,31)22-5-2-1-4-20(22)23-6-3-13-35(23)25(38)21-16-32-36(24(21)18-7-8-18)19-9-14-34(15-10-19)26(39)33-27(17-37)11-12-27/h1-2,4-5,16,18-19,23,37H,3,6-15,17H2,(H,33,39). The molecular formula is C28H34F3N5O3. The van der Waals surface area contributed by atoms with Crippen LogP contribution in [-0.2, 0) is 6.18 Å². The van der Waals surface area contributed by atoms with E-state index in [9.17, 15) is 27.9 Å². The molecule has 11 heteroatoms. The number of carbonyl (C=O) groups is 2. The number of nitrogens with one attached hydrogen (secondary N) is 1. The van der Waals surface area contributed by atoms with Crippen LogP contribution in [0.4, 0.5) is 18.0 Å². The minimum Gasteiger partial charge on any atom is -0.394 e. The third kappa shape index (κ3) is 5.01. The number of amides is 3. The highest BCUT2D eigenvalue weighted by Crippen LogP contribution is 2.46. The van der Waals surface area contributed by atoms with Crippen LogP contribution in [0, 0.1) is 0 Å². The van der Waals surface area contributed by atoms with Gasteiger partial charge in [-0.25, -0.2) is 4.79 Å². The Labute approximate surface area is 225 Å². The number of likely N-dealkylation sites (tertiary alicyclic amines) is 2. The summed E-state index contributed by atoms with van der Waals surface area (Å²) < 4.78 is 43.2. The number of hydrogen-bond donors (Lipinski definition) is 2. The number of aliphatic hydroxyl groups is 1. The quantitative estimate of drug-likeness (QED) is 0.554. The van der Waals surface area contributed by atoms with Crippen molar-refractivity contribution in [3.63, 3.8) is 0 Å². The van der Waals surface area contributed by atoms with Gasteiger partial charge in [-0.15, -0.1) is 0 Å². The number of piperidine rings is 1. The van der Waals surface area contributed by atoms with Crippen molar-refractivity contribution in [1.82, 2.24) is 24.9 Å². The number of urea groups is 1. The largest absolute Gasteiger partial charge is 0.416 e. The zero-order valence-corrected chi connectivity index (χ0v) is 21.8. The molecule has 210 valence electrons. The number of aliphatic hydroxyl groups excluding tert-OH is 1. The molecule has 2 aliphatic heterocycles. The fourth-order valence-corrected chi connectivity index (χ4v) is 6.22. The maximum Gasteiger partial charge on any atom is 0.416 e. The molecule has 2 aliphatic carbocycles. The highest BCUT2D eigenvalue weighted by molar-refractivity contribution is 5.96. The first-order chi connectivity index (χ1) is 18.7. The molecule has 2 N–H and O–H groups in total. The molecule has 1 unspecified atom stereocenters. The van der Waals surface area contributed by atoms with E-state index in [0.29, 0.717) is 50.9 Å². The molecule has 1 aromatic heterocycles. The van der Waals surface area contributed by atoms with E-state index in [1.165, 1.54) is 12.1 Å². The lowest BCUT2D eigenvalue weighted by molar-refractivity contribution is -0.138. The van der Waals surface area contributed by atoms with Gasteiger partial charge in [0.2, 0.25) is 0 Å². The van der Waals surface area contributed by atoms with Gasteiger partial charge >= 0.3 is 12.2 Å². The van der Waals surface area contributed by atoms with Crippen LogP contribution in [0.25, 0.3) is 0 Å². The lowest BCUT2D eigenvalue weighted by Crippen LogP contribution is -2.50. The van der Waals surface area contributed by atoms with Crippen LogP contribution in [0.1, 0.15) is 96.5 Å². The van der Waals surface area contributed by atoms with Gasteiger partial charge in [-0.2, -0.15) is 18.3 Å². The van der Waals surface area contributed by atoms with Crippen molar-refractivity contribution < 1.29 is 27.9 Å². The molecule has 0 spiro atoms. The Morgan fingerprint density at radius 1 is 1.05 bits per heavy atom. The predicted molar refractivity (Wildman–Crippen MR) is 136 cm³/mol. The Balaban J connectivity index is 1.19. The van der Waals surface area contributed by atoms with E-state index < -0.39 is 23.3 Å². The molecule has 8 nitrogen and oxygen atoms in total. The Morgan fingerprint density at radius 3 is 2.41 bits per heavy atom. The summed E-state index contributed by atoms with van der Waals surface area (Å²) in [6.07, 6.45) is 3.13.